The lowest BCUT2D eigenvalue weighted by Crippen LogP contribution is -2.29. The van der Waals surface area contributed by atoms with Crippen molar-refractivity contribution in [3.8, 4) is 0 Å². The first-order valence-electron chi connectivity index (χ1n) is 8.67. The van der Waals surface area contributed by atoms with E-state index in [1.165, 1.54) is 11.1 Å². The predicted molar refractivity (Wildman–Crippen MR) is 103 cm³/mol. The van der Waals surface area contributed by atoms with Crippen molar-refractivity contribution < 1.29 is 9.53 Å². The number of anilines is 1. The highest BCUT2D eigenvalue weighted by atomic mass is 79.9. The van der Waals surface area contributed by atoms with Gasteiger partial charge in [-0.25, -0.2) is 4.79 Å². The van der Waals surface area contributed by atoms with Gasteiger partial charge in [-0.05, 0) is 60.7 Å². The van der Waals surface area contributed by atoms with Crippen LogP contribution in [0.25, 0.3) is 0 Å². The summed E-state index contributed by atoms with van der Waals surface area (Å²) in [4.78, 5) is 12.1. The van der Waals surface area contributed by atoms with E-state index < -0.39 is 0 Å². The van der Waals surface area contributed by atoms with Gasteiger partial charge in [0.1, 0.15) is 0 Å². The van der Waals surface area contributed by atoms with Gasteiger partial charge < -0.3 is 10.1 Å². The molecule has 0 fully saturated rings. The van der Waals surface area contributed by atoms with Crippen LogP contribution >= 0.6 is 15.9 Å². The molecule has 2 aliphatic rings. The molecule has 1 N–H and O–H groups in total. The highest BCUT2D eigenvalue weighted by molar-refractivity contribution is 9.10. The van der Waals surface area contributed by atoms with Crippen molar-refractivity contribution in [1.82, 2.24) is 0 Å². The Bertz CT molecular complexity index is 846. The second-order valence-corrected chi connectivity index (χ2v) is 7.47. The molecule has 0 spiro atoms. The molecule has 4 heteroatoms. The lowest BCUT2D eigenvalue weighted by Gasteiger charge is -2.37. The summed E-state index contributed by atoms with van der Waals surface area (Å²) in [6.45, 7) is 2.22. The Morgan fingerprint density at radius 2 is 2.16 bits per heavy atom. The number of hydrogen-bond donors (Lipinski definition) is 1. The number of carbonyl (C=O) groups is 1. The fourth-order valence-corrected chi connectivity index (χ4v) is 4.38. The van der Waals surface area contributed by atoms with Gasteiger partial charge in [0.2, 0.25) is 0 Å². The summed E-state index contributed by atoms with van der Waals surface area (Å²) < 4.78 is 6.25. The number of halogens is 1. The first-order chi connectivity index (χ1) is 12.2. The zero-order valence-electron chi connectivity index (χ0n) is 14.0. The van der Waals surface area contributed by atoms with Crippen molar-refractivity contribution in [2.75, 3.05) is 11.9 Å². The van der Waals surface area contributed by atoms with Gasteiger partial charge in [0.05, 0.1) is 18.2 Å². The fraction of sp³-hybridized carbons (Fsp3) is 0.286. The molecule has 2 unspecified atom stereocenters. The lowest BCUT2D eigenvalue weighted by atomic mass is 9.76. The number of benzene rings is 2. The smallest absolute Gasteiger partial charge is 0.338 e. The molecule has 1 heterocycles. The topological polar surface area (TPSA) is 38.3 Å². The molecular formula is C21H20BrNO2. The minimum atomic E-state index is -0.252. The quantitative estimate of drug-likeness (QED) is 0.552. The van der Waals surface area contributed by atoms with Crippen LogP contribution in [0, 0.1) is 5.92 Å². The summed E-state index contributed by atoms with van der Waals surface area (Å²) in [5.41, 5.74) is 4.21. The van der Waals surface area contributed by atoms with Gasteiger partial charge >= 0.3 is 5.97 Å². The Labute approximate surface area is 156 Å². The highest BCUT2D eigenvalue weighted by Crippen LogP contribution is 2.50. The number of hydrogen-bond acceptors (Lipinski definition) is 3. The van der Waals surface area contributed by atoms with Crippen LogP contribution in [0.4, 0.5) is 5.69 Å². The van der Waals surface area contributed by atoms with Crippen molar-refractivity contribution >= 4 is 27.6 Å². The average Bonchev–Trinajstić information content (AvgIpc) is 3.11. The van der Waals surface area contributed by atoms with Crippen LogP contribution in [0.3, 0.4) is 0 Å². The summed E-state index contributed by atoms with van der Waals surface area (Å²) in [5.74, 6) is 0.534. The number of rotatable bonds is 3. The van der Waals surface area contributed by atoms with Crippen LogP contribution in [0.15, 0.2) is 59.1 Å². The Morgan fingerprint density at radius 3 is 2.96 bits per heavy atom. The molecule has 0 aromatic heterocycles. The summed E-state index contributed by atoms with van der Waals surface area (Å²) in [6.07, 6.45) is 5.58. The largest absolute Gasteiger partial charge is 0.462 e. The molecule has 2 aromatic rings. The van der Waals surface area contributed by atoms with E-state index in [0.29, 0.717) is 24.0 Å². The third-order valence-electron chi connectivity index (χ3n) is 5.08. The van der Waals surface area contributed by atoms with Crippen molar-refractivity contribution in [3.05, 3.63) is 75.8 Å². The highest BCUT2D eigenvalue weighted by Gasteiger charge is 2.38. The summed E-state index contributed by atoms with van der Waals surface area (Å²) in [6, 6.07) is 14.6. The number of fused-ring (bicyclic) bond motifs is 3. The van der Waals surface area contributed by atoms with Crippen LogP contribution in [0.1, 0.15) is 46.8 Å². The van der Waals surface area contributed by atoms with E-state index in [0.717, 1.165) is 16.6 Å². The standard InChI is InChI=1S/C21H20BrNO2/c1-2-25-21(24)14-9-10-19-18(12-14)16-7-4-8-17(16)20(23-19)13-5-3-6-15(22)11-13/h3-7,9-12,16-17,20,23H,2,8H2,1H3/t16?,17?,20-/m1/s1. The van der Waals surface area contributed by atoms with E-state index in [2.05, 4.69) is 57.7 Å². The number of ether oxygens (including phenoxy) is 1. The van der Waals surface area contributed by atoms with Crippen molar-refractivity contribution in [2.24, 2.45) is 5.92 Å². The van der Waals surface area contributed by atoms with Gasteiger partial charge in [0, 0.05) is 16.1 Å². The molecule has 3 atom stereocenters. The van der Waals surface area contributed by atoms with Crippen molar-refractivity contribution in [1.29, 1.82) is 0 Å². The van der Waals surface area contributed by atoms with Crippen molar-refractivity contribution in [2.45, 2.75) is 25.3 Å². The second kappa shape index (κ2) is 6.68. The lowest BCUT2D eigenvalue weighted by molar-refractivity contribution is 0.0526. The van der Waals surface area contributed by atoms with E-state index in [1.807, 2.05) is 25.1 Å². The second-order valence-electron chi connectivity index (χ2n) is 6.55. The van der Waals surface area contributed by atoms with Gasteiger partial charge in [-0.15, -0.1) is 0 Å². The molecule has 0 bridgehead atoms. The molecule has 1 aliphatic heterocycles. The molecule has 128 valence electrons. The maximum atomic E-state index is 12.1. The van der Waals surface area contributed by atoms with Crippen LogP contribution in [-0.4, -0.2) is 12.6 Å². The van der Waals surface area contributed by atoms with Crippen LogP contribution in [-0.2, 0) is 4.74 Å². The molecule has 0 radical (unpaired) electrons. The maximum Gasteiger partial charge on any atom is 0.338 e. The molecular weight excluding hydrogens is 378 g/mol. The van der Waals surface area contributed by atoms with Gasteiger partial charge in [-0.2, -0.15) is 0 Å². The molecule has 0 saturated carbocycles. The molecule has 25 heavy (non-hydrogen) atoms. The predicted octanol–water partition coefficient (Wildman–Crippen LogP) is 5.45. The van der Waals surface area contributed by atoms with Crippen molar-refractivity contribution in [3.63, 3.8) is 0 Å². The van der Waals surface area contributed by atoms with E-state index in [9.17, 15) is 4.79 Å². The number of esters is 1. The van der Waals surface area contributed by atoms with Crippen LogP contribution in [0.5, 0.6) is 0 Å². The number of nitrogens with one attached hydrogen (secondary N) is 1. The number of carbonyl (C=O) groups excluding carboxylic acids is 1. The Hall–Kier alpha value is -2.07. The zero-order valence-corrected chi connectivity index (χ0v) is 15.6. The van der Waals surface area contributed by atoms with E-state index in [4.69, 9.17) is 4.74 Å². The molecule has 1 aliphatic carbocycles. The van der Waals surface area contributed by atoms with E-state index >= 15 is 0 Å². The first kappa shape index (κ1) is 16.4. The minimum Gasteiger partial charge on any atom is -0.462 e. The third kappa shape index (κ3) is 2.99. The summed E-state index contributed by atoms with van der Waals surface area (Å²) >= 11 is 3.58. The number of allylic oxidation sites excluding steroid dienone is 2. The van der Waals surface area contributed by atoms with Gasteiger partial charge in [0.15, 0.2) is 0 Å². The average molecular weight is 398 g/mol. The SMILES string of the molecule is CCOC(=O)c1ccc2c(c1)C1C=CCC1[C@@H](c1cccc(Br)c1)N2. The maximum absolute atomic E-state index is 12.1. The zero-order chi connectivity index (χ0) is 17.4. The fourth-order valence-electron chi connectivity index (χ4n) is 3.97. The molecule has 2 aromatic carbocycles. The summed E-state index contributed by atoms with van der Waals surface area (Å²) in [7, 11) is 0. The van der Waals surface area contributed by atoms with Gasteiger partial charge in [-0.3, -0.25) is 0 Å². The van der Waals surface area contributed by atoms with Crippen LogP contribution in [0.2, 0.25) is 0 Å². The van der Waals surface area contributed by atoms with Gasteiger partial charge in [0.25, 0.3) is 0 Å². The van der Waals surface area contributed by atoms with Crippen LogP contribution < -0.4 is 5.32 Å². The minimum absolute atomic E-state index is 0.252. The third-order valence-corrected chi connectivity index (χ3v) is 5.57. The normalized spacial score (nSPS) is 23.5. The van der Waals surface area contributed by atoms with E-state index in [-0.39, 0.29) is 12.0 Å². The Balaban J connectivity index is 1.72. The molecule has 0 saturated heterocycles. The van der Waals surface area contributed by atoms with Gasteiger partial charge in [-0.1, -0.05) is 40.2 Å². The summed E-state index contributed by atoms with van der Waals surface area (Å²) in [5, 5.41) is 3.70. The molecule has 0 amide bonds. The Morgan fingerprint density at radius 1 is 1.28 bits per heavy atom. The monoisotopic (exact) mass is 397 g/mol. The molecule has 4 rings (SSSR count). The Kier molecular flexibility index (Phi) is 4.38. The first-order valence-corrected chi connectivity index (χ1v) is 9.46. The molecule has 3 nitrogen and oxygen atoms in total. The van der Waals surface area contributed by atoms with E-state index in [1.54, 1.807) is 0 Å².